The molecule has 0 aliphatic heterocycles. The number of halogens is 2. The fraction of sp³-hybridized carbons (Fsp3) is 0.208. The summed E-state index contributed by atoms with van der Waals surface area (Å²) in [5, 5.41) is 0.798. The van der Waals surface area contributed by atoms with E-state index in [1.54, 1.807) is 12.1 Å². The van der Waals surface area contributed by atoms with E-state index in [0.29, 0.717) is 5.58 Å². The first kappa shape index (κ1) is 21.4. The molecule has 0 spiro atoms. The van der Waals surface area contributed by atoms with Gasteiger partial charge in [-0.1, -0.05) is 13.3 Å². The number of rotatable bonds is 7. The molecule has 0 bridgehead atoms. The monoisotopic (exact) mass is 439 g/mol. The summed E-state index contributed by atoms with van der Waals surface area (Å²) in [7, 11) is 0. The number of carbonyl (C=O) groups is 1. The second-order valence-corrected chi connectivity index (χ2v) is 7.22. The van der Waals surface area contributed by atoms with Gasteiger partial charge in [-0.05, 0) is 36.2 Å². The first-order valence-corrected chi connectivity index (χ1v) is 10.1. The third kappa shape index (κ3) is 4.74. The second kappa shape index (κ2) is 9.13. The maximum atomic E-state index is 13.9. The molecule has 0 fully saturated rings. The summed E-state index contributed by atoms with van der Waals surface area (Å²) in [6, 6.07) is 9.51. The zero-order valence-electron chi connectivity index (χ0n) is 17.2. The molecule has 0 radical (unpaired) electrons. The molecule has 0 saturated heterocycles. The largest absolute Gasteiger partial charge is 0.441 e. The molecule has 0 unspecified atom stereocenters. The number of aromatic nitrogens is 1. The van der Waals surface area contributed by atoms with Gasteiger partial charge in [0.15, 0.2) is 11.7 Å². The highest BCUT2D eigenvalue weighted by Crippen LogP contribution is 2.26. The molecule has 32 heavy (non-hydrogen) atoms. The number of esters is 1. The Balaban J connectivity index is 1.42. The highest BCUT2D eigenvalue weighted by molar-refractivity contribution is 5.82. The Kier molecular flexibility index (Phi) is 6.11. The minimum Gasteiger partial charge on any atom is -0.441 e. The van der Waals surface area contributed by atoms with Gasteiger partial charge in [-0.2, -0.15) is 0 Å². The molecule has 0 N–H and O–H groups in total. The lowest BCUT2D eigenvalue weighted by Gasteiger charge is -2.07. The Morgan fingerprint density at radius 3 is 2.69 bits per heavy atom. The zero-order valence-corrected chi connectivity index (χ0v) is 17.2. The number of benzene rings is 2. The van der Waals surface area contributed by atoms with Crippen molar-refractivity contribution in [2.75, 3.05) is 0 Å². The van der Waals surface area contributed by atoms with Crippen molar-refractivity contribution in [2.24, 2.45) is 0 Å². The molecule has 0 aliphatic carbocycles. The predicted molar refractivity (Wildman–Crippen MR) is 112 cm³/mol. The number of hydrogen-bond acceptors (Lipinski definition) is 6. The highest BCUT2D eigenvalue weighted by Gasteiger charge is 2.14. The first-order valence-electron chi connectivity index (χ1n) is 10.1. The molecule has 4 rings (SSSR count). The third-order valence-corrected chi connectivity index (χ3v) is 4.85. The SMILES string of the molecule is CCCc1cc(=O)oc2cc(OC(=O)CCc3ncc(-c4ccc(F)cc4F)o3)ccc12. The van der Waals surface area contributed by atoms with Crippen molar-refractivity contribution in [3.05, 3.63) is 82.2 Å². The maximum Gasteiger partial charge on any atom is 0.336 e. The Labute approximate surface area is 181 Å². The van der Waals surface area contributed by atoms with Gasteiger partial charge in [-0.15, -0.1) is 0 Å². The van der Waals surface area contributed by atoms with Crippen LogP contribution < -0.4 is 10.4 Å². The lowest BCUT2D eigenvalue weighted by atomic mass is 10.1. The van der Waals surface area contributed by atoms with E-state index in [2.05, 4.69) is 4.98 Å². The molecule has 0 amide bonds. The van der Waals surface area contributed by atoms with E-state index >= 15 is 0 Å². The lowest BCUT2D eigenvalue weighted by Crippen LogP contribution is -2.09. The van der Waals surface area contributed by atoms with E-state index in [4.69, 9.17) is 13.6 Å². The number of aryl methyl sites for hydroxylation is 2. The van der Waals surface area contributed by atoms with Crippen LogP contribution in [0, 0.1) is 11.6 Å². The van der Waals surface area contributed by atoms with E-state index in [1.165, 1.54) is 24.4 Å². The van der Waals surface area contributed by atoms with E-state index in [-0.39, 0.29) is 35.8 Å². The Morgan fingerprint density at radius 2 is 1.91 bits per heavy atom. The molecule has 0 aliphatic rings. The molecule has 0 atom stereocenters. The summed E-state index contributed by atoms with van der Waals surface area (Å²) in [4.78, 5) is 28.0. The molecular weight excluding hydrogens is 420 g/mol. The van der Waals surface area contributed by atoms with Gasteiger partial charge in [0.2, 0.25) is 0 Å². The summed E-state index contributed by atoms with van der Waals surface area (Å²) in [6.07, 6.45) is 3.03. The number of fused-ring (bicyclic) bond motifs is 1. The van der Waals surface area contributed by atoms with Crippen LogP contribution in [0.4, 0.5) is 8.78 Å². The predicted octanol–water partition coefficient (Wildman–Crippen LogP) is 5.22. The van der Waals surface area contributed by atoms with E-state index in [1.807, 2.05) is 6.92 Å². The Hall–Kier alpha value is -3.81. The Morgan fingerprint density at radius 1 is 1.06 bits per heavy atom. The number of oxazole rings is 1. The Bertz CT molecular complexity index is 1340. The summed E-state index contributed by atoms with van der Waals surface area (Å²) in [6.45, 7) is 2.02. The minimum atomic E-state index is -0.767. The van der Waals surface area contributed by atoms with Crippen LogP contribution in [0.3, 0.4) is 0 Å². The zero-order chi connectivity index (χ0) is 22.7. The average molecular weight is 439 g/mol. The fourth-order valence-corrected chi connectivity index (χ4v) is 3.38. The smallest absolute Gasteiger partial charge is 0.336 e. The first-order chi connectivity index (χ1) is 15.4. The van der Waals surface area contributed by atoms with Crippen LogP contribution in [-0.2, 0) is 17.6 Å². The molecule has 2 aromatic carbocycles. The summed E-state index contributed by atoms with van der Waals surface area (Å²) in [5.41, 5.74) is 0.855. The molecule has 4 aromatic rings. The van der Waals surface area contributed by atoms with Crippen molar-refractivity contribution >= 4 is 16.9 Å². The van der Waals surface area contributed by atoms with Gasteiger partial charge in [-0.3, -0.25) is 4.79 Å². The number of ether oxygens (including phenoxy) is 1. The van der Waals surface area contributed by atoms with E-state index < -0.39 is 23.2 Å². The molecule has 2 heterocycles. The molecule has 6 nitrogen and oxygen atoms in total. The van der Waals surface area contributed by atoms with Crippen molar-refractivity contribution < 1.29 is 27.1 Å². The summed E-state index contributed by atoms with van der Waals surface area (Å²) < 4.78 is 43.0. The van der Waals surface area contributed by atoms with Gasteiger partial charge >= 0.3 is 11.6 Å². The van der Waals surface area contributed by atoms with E-state index in [9.17, 15) is 18.4 Å². The topological polar surface area (TPSA) is 82.5 Å². The van der Waals surface area contributed by atoms with Crippen molar-refractivity contribution in [3.8, 4) is 17.1 Å². The molecule has 8 heteroatoms. The van der Waals surface area contributed by atoms with Crippen molar-refractivity contribution in [1.82, 2.24) is 4.98 Å². The van der Waals surface area contributed by atoms with Crippen LogP contribution in [0.25, 0.3) is 22.3 Å². The van der Waals surface area contributed by atoms with Gasteiger partial charge < -0.3 is 13.6 Å². The average Bonchev–Trinajstić information content (AvgIpc) is 3.21. The van der Waals surface area contributed by atoms with Gasteiger partial charge in [0.1, 0.15) is 23.0 Å². The number of hydrogen-bond donors (Lipinski definition) is 0. The fourth-order valence-electron chi connectivity index (χ4n) is 3.38. The second-order valence-electron chi connectivity index (χ2n) is 7.22. The van der Waals surface area contributed by atoms with Crippen LogP contribution in [0.5, 0.6) is 5.75 Å². The van der Waals surface area contributed by atoms with Crippen LogP contribution >= 0.6 is 0 Å². The lowest BCUT2D eigenvalue weighted by molar-refractivity contribution is -0.134. The van der Waals surface area contributed by atoms with Gasteiger partial charge in [-0.25, -0.2) is 18.6 Å². The molecule has 2 aromatic heterocycles. The van der Waals surface area contributed by atoms with Crippen molar-refractivity contribution in [2.45, 2.75) is 32.6 Å². The third-order valence-electron chi connectivity index (χ3n) is 4.85. The van der Waals surface area contributed by atoms with Crippen LogP contribution in [0.15, 0.2) is 62.3 Å². The van der Waals surface area contributed by atoms with E-state index in [0.717, 1.165) is 35.9 Å². The summed E-state index contributed by atoms with van der Waals surface area (Å²) >= 11 is 0. The van der Waals surface area contributed by atoms with Crippen LogP contribution in [0.1, 0.15) is 31.2 Å². The normalized spacial score (nSPS) is 11.1. The van der Waals surface area contributed by atoms with Crippen molar-refractivity contribution in [1.29, 1.82) is 0 Å². The van der Waals surface area contributed by atoms with Crippen molar-refractivity contribution in [3.63, 3.8) is 0 Å². The standard InChI is InChI=1S/C24H19F2NO5/c1-2-3-14-10-24(29)32-20-12-16(5-7-17(14)20)30-23(28)9-8-22-27-13-21(31-22)18-6-4-15(25)11-19(18)26/h4-7,10-13H,2-3,8-9H2,1H3. The number of nitrogens with zero attached hydrogens (tertiary/aromatic N) is 1. The molecular formula is C24H19F2NO5. The van der Waals surface area contributed by atoms with Crippen LogP contribution in [0.2, 0.25) is 0 Å². The molecule has 164 valence electrons. The summed E-state index contributed by atoms with van der Waals surface area (Å²) in [5.74, 6) is -1.39. The maximum absolute atomic E-state index is 13.9. The quantitative estimate of drug-likeness (QED) is 0.223. The number of carbonyl (C=O) groups excluding carboxylic acids is 1. The van der Waals surface area contributed by atoms with Crippen LogP contribution in [-0.4, -0.2) is 11.0 Å². The van der Waals surface area contributed by atoms with Gasteiger partial charge in [0.25, 0.3) is 0 Å². The molecule has 0 saturated carbocycles. The highest BCUT2D eigenvalue weighted by atomic mass is 19.1. The van der Waals surface area contributed by atoms with Gasteiger partial charge in [0.05, 0.1) is 18.2 Å². The minimum absolute atomic E-state index is 0.0380. The van der Waals surface area contributed by atoms with Gasteiger partial charge in [0, 0.05) is 30.0 Å².